The van der Waals surface area contributed by atoms with Gasteiger partial charge in [-0.15, -0.1) is 0 Å². The highest BCUT2D eigenvalue weighted by Crippen LogP contribution is 2.17. The van der Waals surface area contributed by atoms with Crippen LogP contribution in [0.5, 0.6) is 5.75 Å². The van der Waals surface area contributed by atoms with E-state index >= 15 is 0 Å². The van der Waals surface area contributed by atoms with E-state index in [1.54, 1.807) is 12.1 Å². The summed E-state index contributed by atoms with van der Waals surface area (Å²) in [5, 5.41) is 23.3. The Hall–Kier alpha value is -2.94. The van der Waals surface area contributed by atoms with Gasteiger partial charge in [-0.1, -0.05) is 6.07 Å². The fourth-order valence-electron chi connectivity index (χ4n) is 1.55. The molecule has 0 atom stereocenters. The molecule has 0 aliphatic rings. The maximum Gasteiger partial charge on any atom is 0.276 e. The topological polar surface area (TPSA) is 122 Å². The normalized spacial score (nSPS) is 11.5. The lowest BCUT2D eigenvalue weighted by atomic mass is 10.2. The molecule has 22 heavy (non-hydrogen) atoms. The Bertz CT molecular complexity index is 816. The van der Waals surface area contributed by atoms with Gasteiger partial charge in [0, 0.05) is 12.1 Å². The Labute approximate surface area is 125 Å². The number of benzene rings is 2. The third-order valence-electron chi connectivity index (χ3n) is 2.62. The van der Waals surface area contributed by atoms with Crippen molar-refractivity contribution in [2.24, 2.45) is 5.10 Å². The number of non-ortho nitro benzene ring substituents is 1. The fourth-order valence-corrected chi connectivity index (χ4v) is 2.38. The molecular formula is C13H11N3O5S. The van der Waals surface area contributed by atoms with Crippen molar-refractivity contribution < 1.29 is 18.4 Å². The second kappa shape index (κ2) is 6.22. The molecular weight excluding hydrogens is 310 g/mol. The molecule has 0 aliphatic carbocycles. The van der Waals surface area contributed by atoms with Gasteiger partial charge < -0.3 is 5.11 Å². The zero-order valence-electron chi connectivity index (χ0n) is 11.1. The first-order chi connectivity index (χ1) is 10.4. The average molecular weight is 321 g/mol. The van der Waals surface area contributed by atoms with Crippen LogP contribution in [0.4, 0.5) is 5.69 Å². The summed E-state index contributed by atoms with van der Waals surface area (Å²) in [5.74, 6) is 0.0781. The van der Waals surface area contributed by atoms with Crippen molar-refractivity contribution in [2.75, 3.05) is 0 Å². The summed E-state index contributed by atoms with van der Waals surface area (Å²) >= 11 is 0. The molecule has 0 amide bonds. The fraction of sp³-hybridized carbons (Fsp3) is 0. The zero-order chi connectivity index (χ0) is 16.2. The van der Waals surface area contributed by atoms with E-state index in [0.29, 0.717) is 5.56 Å². The van der Waals surface area contributed by atoms with Crippen LogP contribution in [-0.2, 0) is 10.0 Å². The molecule has 0 spiro atoms. The van der Waals surface area contributed by atoms with Crippen LogP contribution >= 0.6 is 0 Å². The Kier molecular flexibility index (Phi) is 4.37. The van der Waals surface area contributed by atoms with Gasteiger partial charge in [0.2, 0.25) is 0 Å². The summed E-state index contributed by atoms with van der Waals surface area (Å²) in [6, 6.07) is 10.6. The van der Waals surface area contributed by atoms with Crippen LogP contribution in [-0.4, -0.2) is 24.7 Å². The number of aromatic hydroxyl groups is 1. The molecule has 9 heteroatoms. The van der Waals surface area contributed by atoms with Crippen molar-refractivity contribution in [3.8, 4) is 5.75 Å². The van der Waals surface area contributed by atoms with E-state index in [4.69, 9.17) is 5.11 Å². The van der Waals surface area contributed by atoms with Gasteiger partial charge in [-0.25, -0.2) is 4.83 Å². The lowest BCUT2D eigenvalue weighted by Crippen LogP contribution is -2.18. The molecule has 2 rings (SSSR count). The van der Waals surface area contributed by atoms with Crippen molar-refractivity contribution >= 4 is 21.9 Å². The molecule has 0 aliphatic heterocycles. The number of nitrogens with one attached hydrogen (secondary N) is 1. The molecule has 2 aromatic rings. The molecule has 8 nitrogen and oxygen atoms in total. The van der Waals surface area contributed by atoms with Crippen LogP contribution in [0, 0.1) is 10.1 Å². The molecule has 0 saturated heterocycles. The number of nitro groups is 1. The Morgan fingerprint density at radius 1 is 1.18 bits per heavy atom. The molecule has 0 saturated carbocycles. The van der Waals surface area contributed by atoms with Gasteiger partial charge in [-0.3, -0.25) is 10.1 Å². The molecule has 2 N–H and O–H groups in total. The minimum absolute atomic E-state index is 0.0781. The van der Waals surface area contributed by atoms with Crippen LogP contribution in [0.2, 0.25) is 0 Å². The first-order valence-corrected chi connectivity index (χ1v) is 7.45. The number of rotatable bonds is 5. The summed E-state index contributed by atoms with van der Waals surface area (Å²) in [4.78, 5) is 11.7. The average Bonchev–Trinajstić information content (AvgIpc) is 2.49. The minimum Gasteiger partial charge on any atom is -0.508 e. The maximum absolute atomic E-state index is 12.0. The van der Waals surface area contributed by atoms with Crippen LogP contribution in [0.1, 0.15) is 5.56 Å². The van der Waals surface area contributed by atoms with E-state index in [9.17, 15) is 18.5 Å². The minimum atomic E-state index is -4.00. The van der Waals surface area contributed by atoms with E-state index in [1.807, 2.05) is 4.83 Å². The zero-order valence-corrected chi connectivity index (χ0v) is 11.9. The van der Waals surface area contributed by atoms with Crippen LogP contribution < -0.4 is 4.83 Å². The summed E-state index contributed by atoms with van der Waals surface area (Å²) in [7, 11) is -4.00. The monoisotopic (exact) mass is 321 g/mol. The predicted molar refractivity (Wildman–Crippen MR) is 79.1 cm³/mol. The van der Waals surface area contributed by atoms with Crippen molar-refractivity contribution in [1.82, 2.24) is 4.83 Å². The lowest BCUT2D eigenvalue weighted by molar-refractivity contribution is -0.385. The lowest BCUT2D eigenvalue weighted by Gasteiger charge is -2.03. The largest absolute Gasteiger partial charge is 0.508 e. The van der Waals surface area contributed by atoms with Crippen molar-refractivity contribution in [1.29, 1.82) is 0 Å². The summed E-state index contributed by atoms with van der Waals surface area (Å²) in [6.45, 7) is 0. The summed E-state index contributed by atoms with van der Waals surface area (Å²) in [5.41, 5.74) is 0.241. The SMILES string of the molecule is O=[N+]([O-])c1cccc(S(=O)(=O)N/N=C/c2ccc(O)cc2)c1. The highest BCUT2D eigenvalue weighted by atomic mass is 32.2. The van der Waals surface area contributed by atoms with Gasteiger partial charge in [-0.2, -0.15) is 13.5 Å². The second-order valence-electron chi connectivity index (χ2n) is 4.20. The molecule has 0 heterocycles. The van der Waals surface area contributed by atoms with Crippen molar-refractivity contribution in [2.45, 2.75) is 4.90 Å². The molecule has 0 fully saturated rings. The molecule has 0 bridgehead atoms. The molecule has 2 aromatic carbocycles. The van der Waals surface area contributed by atoms with Crippen molar-refractivity contribution in [3.05, 3.63) is 64.2 Å². The maximum atomic E-state index is 12.0. The number of phenols is 1. The number of hydrazone groups is 1. The van der Waals surface area contributed by atoms with E-state index in [1.165, 1.54) is 36.5 Å². The number of nitrogens with zero attached hydrogens (tertiary/aromatic N) is 2. The number of nitro benzene ring substituents is 1. The quantitative estimate of drug-likeness (QED) is 0.492. The Balaban J connectivity index is 2.16. The third-order valence-corrected chi connectivity index (χ3v) is 3.84. The predicted octanol–water partition coefficient (Wildman–Crippen LogP) is 1.61. The summed E-state index contributed by atoms with van der Waals surface area (Å²) < 4.78 is 23.9. The van der Waals surface area contributed by atoms with E-state index in [0.717, 1.165) is 6.07 Å². The first-order valence-electron chi connectivity index (χ1n) is 5.97. The Morgan fingerprint density at radius 3 is 2.50 bits per heavy atom. The summed E-state index contributed by atoms with van der Waals surface area (Å²) in [6.07, 6.45) is 1.24. The smallest absolute Gasteiger partial charge is 0.276 e. The van der Waals surface area contributed by atoms with E-state index in [2.05, 4.69) is 5.10 Å². The van der Waals surface area contributed by atoms with Crippen LogP contribution in [0.25, 0.3) is 0 Å². The van der Waals surface area contributed by atoms with Gasteiger partial charge >= 0.3 is 0 Å². The molecule has 0 aromatic heterocycles. The third kappa shape index (κ3) is 3.79. The molecule has 0 radical (unpaired) electrons. The van der Waals surface area contributed by atoms with Crippen LogP contribution in [0.3, 0.4) is 0 Å². The number of hydrogen-bond donors (Lipinski definition) is 2. The Morgan fingerprint density at radius 2 is 1.86 bits per heavy atom. The number of phenolic OH excluding ortho intramolecular Hbond substituents is 1. The van der Waals surface area contributed by atoms with E-state index < -0.39 is 14.9 Å². The van der Waals surface area contributed by atoms with Crippen LogP contribution in [0.15, 0.2) is 58.5 Å². The standard InChI is InChI=1S/C13H11N3O5S/c17-12-6-4-10(5-7-12)9-14-15-22(20,21)13-3-1-2-11(8-13)16(18)19/h1-9,15,17H/b14-9+. The second-order valence-corrected chi connectivity index (χ2v) is 5.86. The van der Waals surface area contributed by atoms with E-state index in [-0.39, 0.29) is 16.3 Å². The number of hydrogen-bond acceptors (Lipinski definition) is 6. The highest BCUT2D eigenvalue weighted by molar-refractivity contribution is 7.89. The number of sulfonamides is 1. The molecule has 114 valence electrons. The van der Waals surface area contributed by atoms with Gasteiger partial charge in [0.1, 0.15) is 5.75 Å². The van der Waals surface area contributed by atoms with Gasteiger partial charge in [0.15, 0.2) is 0 Å². The molecule has 0 unspecified atom stereocenters. The van der Waals surface area contributed by atoms with Gasteiger partial charge in [-0.05, 0) is 35.9 Å². The van der Waals surface area contributed by atoms with Gasteiger partial charge in [0.25, 0.3) is 15.7 Å². The van der Waals surface area contributed by atoms with Crippen molar-refractivity contribution in [3.63, 3.8) is 0 Å². The first kappa shape index (κ1) is 15.4. The van der Waals surface area contributed by atoms with Gasteiger partial charge in [0.05, 0.1) is 16.0 Å². The highest BCUT2D eigenvalue weighted by Gasteiger charge is 2.16.